The van der Waals surface area contributed by atoms with Crippen molar-refractivity contribution in [2.75, 3.05) is 13.1 Å². The van der Waals surface area contributed by atoms with Gasteiger partial charge in [0.25, 0.3) is 0 Å². The highest BCUT2D eigenvalue weighted by Crippen LogP contribution is 2.17. The van der Waals surface area contributed by atoms with Crippen LogP contribution < -0.4 is 0 Å². The fraction of sp³-hybridized carbons (Fsp3) is 0.462. The van der Waals surface area contributed by atoms with Gasteiger partial charge in [-0.05, 0) is 31.2 Å². The Kier molecular flexibility index (Phi) is 5.40. The maximum Gasteiger partial charge on any atom is 0.142 e. The van der Waals surface area contributed by atoms with E-state index in [4.69, 9.17) is 16.9 Å². The molecule has 4 heteroatoms. The average Bonchev–Trinajstić information content (AvgIpc) is 2.32. The number of hydrogen-bond donors (Lipinski definition) is 0. The van der Waals surface area contributed by atoms with E-state index in [1.807, 2.05) is 19.9 Å². The minimum Gasteiger partial charge on any atom is -0.298 e. The molecule has 1 unspecified atom stereocenters. The monoisotopic (exact) mass is 254 g/mol. The van der Waals surface area contributed by atoms with Gasteiger partial charge in [0.15, 0.2) is 0 Å². The van der Waals surface area contributed by atoms with Crippen LogP contribution >= 0.6 is 11.6 Å². The van der Waals surface area contributed by atoms with Crippen molar-refractivity contribution < 1.29 is 4.39 Å². The summed E-state index contributed by atoms with van der Waals surface area (Å²) >= 11 is 5.63. The first-order chi connectivity index (χ1) is 8.06. The van der Waals surface area contributed by atoms with E-state index in [1.165, 1.54) is 6.07 Å². The Hall–Kier alpha value is -1.11. The molecule has 0 saturated heterocycles. The van der Waals surface area contributed by atoms with Crippen molar-refractivity contribution in [2.24, 2.45) is 5.92 Å². The lowest BCUT2D eigenvalue weighted by atomic mass is 10.1. The second kappa shape index (κ2) is 6.58. The first-order valence-electron chi connectivity index (χ1n) is 5.62. The zero-order valence-electron chi connectivity index (χ0n) is 10.1. The standard InChI is InChI=1S/C13H16ClFN2/c1-3-17(8-10(2)7-16)9-11-4-5-12(14)13(15)6-11/h4-6,10H,3,8-9H2,1-2H3. The molecule has 0 aliphatic rings. The highest BCUT2D eigenvalue weighted by Gasteiger charge is 2.09. The zero-order valence-corrected chi connectivity index (χ0v) is 10.8. The normalized spacial score (nSPS) is 12.5. The largest absolute Gasteiger partial charge is 0.298 e. The highest BCUT2D eigenvalue weighted by atomic mass is 35.5. The predicted molar refractivity (Wildman–Crippen MR) is 67.1 cm³/mol. The molecule has 0 heterocycles. The summed E-state index contributed by atoms with van der Waals surface area (Å²) < 4.78 is 13.3. The molecule has 92 valence electrons. The maximum atomic E-state index is 13.3. The molecule has 0 fully saturated rings. The van der Waals surface area contributed by atoms with Crippen LogP contribution in [0.5, 0.6) is 0 Å². The summed E-state index contributed by atoms with van der Waals surface area (Å²) in [5, 5.41) is 8.91. The minimum absolute atomic E-state index is 0.0212. The Labute approximate surface area is 107 Å². The summed E-state index contributed by atoms with van der Waals surface area (Å²) in [5.41, 5.74) is 0.874. The second-order valence-electron chi connectivity index (χ2n) is 4.11. The lowest BCUT2D eigenvalue weighted by Gasteiger charge is -2.21. The van der Waals surface area contributed by atoms with E-state index in [0.717, 1.165) is 12.1 Å². The number of halogens is 2. The van der Waals surface area contributed by atoms with E-state index in [0.29, 0.717) is 13.1 Å². The quantitative estimate of drug-likeness (QED) is 0.805. The van der Waals surface area contributed by atoms with Crippen molar-refractivity contribution in [3.63, 3.8) is 0 Å². The Balaban J connectivity index is 2.67. The van der Waals surface area contributed by atoms with E-state index in [9.17, 15) is 4.39 Å². The molecule has 0 radical (unpaired) electrons. The summed E-state index contributed by atoms with van der Waals surface area (Å²) in [5.74, 6) is -0.416. The van der Waals surface area contributed by atoms with Crippen molar-refractivity contribution in [3.05, 3.63) is 34.6 Å². The first kappa shape index (κ1) is 14.0. The molecule has 0 aromatic heterocycles. The van der Waals surface area contributed by atoms with Crippen LogP contribution in [0.15, 0.2) is 18.2 Å². The number of nitriles is 1. The van der Waals surface area contributed by atoms with Gasteiger partial charge in [-0.1, -0.05) is 24.6 Å². The molecule has 0 N–H and O–H groups in total. The lowest BCUT2D eigenvalue weighted by Crippen LogP contribution is -2.27. The second-order valence-corrected chi connectivity index (χ2v) is 4.51. The van der Waals surface area contributed by atoms with Crippen molar-refractivity contribution in [1.29, 1.82) is 5.26 Å². The van der Waals surface area contributed by atoms with Crippen LogP contribution in [0.1, 0.15) is 19.4 Å². The van der Waals surface area contributed by atoms with Crippen LogP contribution in [0.3, 0.4) is 0 Å². The molecule has 1 rings (SSSR count). The molecule has 0 saturated carbocycles. The van der Waals surface area contributed by atoms with Gasteiger partial charge in [-0.3, -0.25) is 4.90 Å². The molecule has 2 nitrogen and oxygen atoms in total. The van der Waals surface area contributed by atoms with Gasteiger partial charge in [-0.2, -0.15) is 5.26 Å². The Morgan fingerprint density at radius 3 is 2.76 bits per heavy atom. The van der Waals surface area contributed by atoms with E-state index >= 15 is 0 Å². The molecule has 0 aliphatic carbocycles. The molecule has 1 aromatic rings. The van der Waals surface area contributed by atoms with Gasteiger partial charge in [0.05, 0.1) is 17.0 Å². The summed E-state index contributed by atoms with van der Waals surface area (Å²) in [7, 11) is 0. The van der Waals surface area contributed by atoms with Crippen molar-refractivity contribution >= 4 is 11.6 Å². The minimum atomic E-state index is -0.395. The molecule has 1 aromatic carbocycles. The van der Waals surface area contributed by atoms with Crippen LogP contribution in [0, 0.1) is 23.1 Å². The van der Waals surface area contributed by atoms with Crippen LogP contribution in [0.25, 0.3) is 0 Å². The number of benzene rings is 1. The summed E-state index contributed by atoms with van der Waals surface area (Å²) in [6.07, 6.45) is 0. The summed E-state index contributed by atoms with van der Waals surface area (Å²) in [4.78, 5) is 2.11. The van der Waals surface area contributed by atoms with Crippen LogP contribution in [-0.2, 0) is 6.54 Å². The molecular weight excluding hydrogens is 239 g/mol. The molecule has 1 atom stereocenters. The highest BCUT2D eigenvalue weighted by molar-refractivity contribution is 6.30. The van der Waals surface area contributed by atoms with Gasteiger partial charge in [-0.15, -0.1) is 0 Å². The average molecular weight is 255 g/mol. The lowest BCUT2D eigenvalue weighted by molar-refractivity contribution is 0.260. The van der Waals surface area contributed by atoms with Gasteiger partial charge in [0.1, 0.15) is 5.82 Å². The first-order valence-corrected chi connectivity index (χ1v) is 6.00. The Morgan fingerprint density at radius 1 is 1.53 bits per heavy atom. The molecule has 0 aliphatic heterocycles. The maximum absolute atomic E-state index is 13.3. The molecular formula is C13H16ClFN2. The zero-order chi connectivity index (χ0) is 12.8. The van der Waals surface area contributed by atoms with Crippen LogP contribution in [-0.4, -0.2) is 18.0 Å². The molecule has 17 heavy (non-hydrogen) atoms. The number of rotatable bonds is 5. The fourth-order valence-electron chi connectivity index (χ4n) is 1.63. The van der Waals surface area contributed by atoms with Crippen molar-refractivity contribution in [2.45, 2.75) is 20.4 Å². The third-order valence-electron chi connectivity index (χ3n) is 2.59. The third kappa shape index (κ3) is 4.33. The van der Waals surface area contributed by atoms with Gasteiger partial charge < -0.3 is 0 Å². The number of nitrogens with zero attached hydrogens (tertiary/aromatic N) is 2. The van der Waals surface area contributed by atoms with E-state index in [2.05, 4.69) is 11.0 Å². The Morgan fingerprint density at radius 2 is 2.24 bits per heavy atom. The van der Waals surface area contributed by atoms with E-state index in [-0.39, 0.29) is 10.9 Å². The summed E-state index contributed by atoms with van der Waals surface area (Å²) in [6, 6.07) is 7.02. The fourth-order valence-corrected chi connectivity index (χ4v) is 1.75. The molecule has 0 amide bonds. The SMILES string of the molecule is CCN(Cc1ccc(Cl)c(F)c1)CC(C)C#N. The van der Waals surface area contributed by atoms with Crippen molar-refractivity contribution in [1.82, 2.24) is 4.90 Å². The van der Waals surface area contributed by atoms with Gasteiger partial charge in [0.2, 0.25) is 0 Å². The van der Waals surface area contributed by atoms with Crippen LogP contribution in [0.2, 0.25) is 5.02 Å². The van der Waals surface area contributed by atoms with Gasteiger partial charge in [0, 0.05) is 13.1 Å². The van der Waals surface area contributed by atoms with Gasteiger partial charge in [-0.25, -0.2) is 4.39 Å². The molecule has 0 bridgehead atoms. The molecule has 0 spiro atoms. The predicted octanol–water partition coefficient (Wildman–Crippen LogP) is 3.46. The topological polar surface area (TPSA) is 27.0 Å². The smallest absolute Gasteiger partial charge is 0.142 e. The van der Waals surface area contributed by atoms with E-state index in [1.54, 1.807) is 6.07 Å². The number of hydrogen-bond acceptors (Lipinski definition) is 2. The van der Waals surface area contributed by atoms with Crippen LogP contribution in [0.4, 0.5) is 4.39 Å². The van der Waals surface area contributed by atoms with Gasteiger partial charge >= 0.3 is 0 Å². The third-order valence-corrected chi connectivity index (χ3v) is 2.90. The van der Waals surface area contributed by atoms with Crippen molar-refractivity contribution in [3.8, 4) is 6.07 Å². The summed E-state index contributed by atoms with van der Waals surface area (Å²) in [6.45, 7) is 6.06. The van der Waals surface area contributed by atoms with E-state index < -0.39 is 5.82 Å². The Bertz CT molecular complexity index is 414.